The summed E-state index contributed by atoms with van der Waals surface area (Å²) in [5.74, 6) is 0. The fraction of sp³-hybridized carbons (Fsp3) is 0.0357. The van der Waals surface area contributed by atoms with E-state index in [2.05, 4.69) is 79.7 Å². The smallest absolute Gasteiger partial charge is 0.184 e. The van der Waals surface area contributed by atoms with Gasteiger partial charge in [-0.15, -0.1) is 34.5 Å². The van der Waals surface area contributed by atoms with Crippen LogP contribution in [0.15, 0.2) is 121 Å². The van der Waals surface area contributed by atoms with Gasteiger partial charge in [0, 0.05) is 0 Å². The van der Waals surface area contributed by atoms with E-state index < -0.39 is 0 Å². The van der Waals surface area contributed by atoms with Gasteiger partial charge < -0.3 is 0 Å². The maximum atomic E-state index is 2.89. The van der Waals surface area contributed by atoms with Crippen molar-refractivity contribution in [1.82, 2.24) is 0 Å². The van der Waals surface area contributed by atoms with Crippen LogP contribution in [0.4, 0.5) is 0 Å². The van der Waals surface area contributed by atoms with Gasteiger partial charge in [-0.1, -0.05) is 48.9 Å². The maximum Gasteiger partial charge on any atom is 3.00 e. The van der Waals surface area contributed by atoms with E-state index in [9.17, 15) is 0 Å². The molecule has 1 radical (unpaired) electrons. The molecule has 5 aromatic rings. The van der Waals surface area contributed by atoms with E-state index in [1.807, 2.05) is 60.7 Å². The molecule has 0 aliphatic heterocycles. The number of aryl methyl sites for hydroxylation is 1. The number of rotatable bonds is 1. The van der Waals surface area contributed by atoms with Gasteiger partial charge in [0.25, 0.3) is 0 Å². The van der Waals surface area contributed by atoms with Crippen LogP contribution in [0.25, 0.3) is 21.9 Å². The van der Waals surface area contributed by atoms with Crippen molar-refractivity contribution in [1.29, 1.82) is 0 Å². The largest absolute Gasteiger partial charge is 3.00 e. The van der Waals surface area contributed by atoms with Crippen molar-refractivity contribution in [2.75, 3.05) is 0 Å². The van der Waals surface area contributed by atoms with E-state index in [-0.39, 0.29) is 26.2 Å². The Bertz CT molecular complexity index is 964. The topological polar surface area (TPSA) is 0 Å². The van der Waals surface area contributed by atoms with E-state index in [0.717, 1.165) is 0 Å². The number of fused-ring (bicyclic) bond motifs is 1. The van der Waals surface area contributed by atoms with Crippen molar-refractivity contribution >= 4 is 10.8 Å². The molecule has 29 heavy (non-hydrogen) atoms. The zero-order valence-electron chi connectivity index (χ0n) is 16.5. The van der Waals surface area contributed by atoms with Crippen molar-refractivity contribution < 1.29 is 26.2 Å². The molecule has 0 bridgehead atoms. The molecule has 0 spiro atoms. The molecule has 0 aromatic heterocycles. The molecule has 0 aliphatic carbocycles. The van der Waals surface area contributed by atoms with Crippen molar-refractivity contribution in [3.8, 4) is 11.1 Å². The second kappa shape index (κ2) is 12.8. The summed E-state index contributed by atoms with van der Waals surface area (Å²) in [6, 6.07) is 46.6. The summed E-state index contributed by atoms with van der Waals surface area (Å²) >= 11 is 0. The Morgan fingerprint density at radius 1 is 0.621 bits per heavy atom. The Labute approximate surface area is 193 Å². The second-order valence-electron chi connectivity index (χ2n) is 6.36. The van der Waals surface area contributed by atoms with Crippen LogP contribution in [0.2, 0.25) is 0 Å². The van der Waals surface area contributed by atoms with Gasteiger partial charge in [0.1, 0.15) is 0 Å². The molecule has 0 amide bonds. The molecule has 0 heterocycles. The monoisotopic (exact) mass is 449 g/mol. The second-order valence-corrected chi connectivity index (χ2v) is 6.36. The van der Waals surface area contributed by atoms with E-state index in [0.29, 0.717) is 0 Å². The van der Waals surface area contributed by atoms with Crippen LogP contribution in [0.5, 0.6) is 0 Å². The molecule has 0 fully saturated rings. The van der Waals surface area contributed by atoms with E-state index in [1.165, 1.54) is 27.5 Å². The maximum absolute atomic E-state index is 2.89. The Balaban J connectivity index is 0.000000191. The third kappa shape index (κ3) is 7.37. The summed E-state index contributed by atoms with van der Waals surface area (Å²) in [5.41, 5.74) is 3.95. The zero-order valence-corrected chi connectivity index (χ0v) is 19.0. The first-order valence-electron chi connectivity index (χ1n) is 9.38. The molecular weight excluding hydrogens is 428 g/mol. The Hall–Kier alpha value is -2.63. The third-order valence-corrected chi connectivity index (χ3v) is 4.19. The Kier molecular flexibility index (Phi) is 9.97. The molecular formula is C28H23Zr. The van der Waals surface area contributed by atoms with Crippen molar-refractivity contribution in [2.24, 2.45) is 0 Å². The van der Waals surface area contributed by atoms with Crippen LogP contribution in [-0.2, 0) is 26.2 Å². The summed E-state index contributed by atoms with van der Waals surface area (Å²) < 4.78 is 0. The van der Waals surface area contributed by atoms with Gasteiger partial charge in [0.2, 0.25) is 0 Å². The van der Waals surface area contributed by atoms with Gasteiger partial charge >= 0.3 is 26.2 Å². The minimum Gasteiger partial charge on any atom is -0.184 e. The zero-order chi connectivity index (χ0) is 19.4. The molecule has 0 saturated heterocycles. The Morgan fingerprint density at radius 3 is 1.66 bits per heavy atom. The molecule has 5 aromatic carbocycles. The molecule has 5 rings (SSSR count). The normalized spacial score (nSPS) is 9.28. The first-order valence-corrected chi connectivity index (χ1v) is 9.38. The molecule has 139 valence electrons. The summed E-state index contributed by atoms with van der Waals surface area (Å²) in [7, 11) is 0. The SMILES string of the molecule is Cc1cc2c(-c3ccccc3)cccc2[cH-]1.[Zr+3].[c-]1ccccc1.[c-]1ccccc1. The summed E-state index contributed by atoms with van der Waals surface area (Å²) in [4.78, 5) is 0. The van der Waals surface area contributed by atoms with Crippen LogP contribution in [0.3, 0.4) is 0 Å². The van der Waals surface area contributed by atoms with Crippen LogP contribution < -0.4 is 0 Å². The first-order chi connectivity index (χ1) is 13.8. The summed E-state index contributed by atoms with van der Waals surface area (Å²) in [5, 5.41) is 2.69. The quantitative estimate of drug-likeness (QED) is 0.232. The average Bonchev–Trinajstić information content (AvgIpc) is 3.18. The van der Waals surface area contributed by atoms with Crippen LogP contribution in [-0.4, -0.2) is 0 Å². The minimum atomic E-state index is 0. The molecule has 0 atom stereocenters. The molecule has 0 unspecified atom stereocenters. The fourth-order valence-corrected chi connectivity index (χ4v) is 2.94. The van der Waals surface area contributed by atoms with Gasteiger partial charge in [-0.25, -0.2) is 0 Å². The summed E-state index contributed by atoms with van der Waals surface area (Å²) in [6.07, 6.45) is 0. The van der Waals surface area contributed by atoms with Gasteiger partial charge in [-0.05, 0) is 5.56 Å². The van der Waals surface area contributed by atoms with Crippen LogP contribution in [0.1, 0.15) is 5.56 Å². The van der Waals surface area contributed by atoms with Crippen LogP contribution in [0, 0.1) is 19.1 Å². The predicted molar refractivity (Wildman–Crippen MR) is 120 cm³/mol. The first kappa shape index (κ1) is 22.7. The summed E-state index contributed by atoms with van der Waals surface area (Å²) in [6.45, 7) is 2.15. The molecule has 0 aliphatic rings. The van der Waals surface area contributed by atoms with Crippen molar-refractivity contribution in [3.63, 3.8) is 0 Å². The van der Waals surface area contributed by atoms with Gasteiger partial charge in [-0.3, -0.25) is 0 Å². The molecule has 1 heteroatoms. The van der Waals surface area contributed by atoms with Gasteiger partial charge in [-0.2, -0.15) is 78.9 Å². The fourth-order valence-electron chi connectivity index (χ4n) is 2.94. The van der Waals surface area contributed by atoms with Gasteiger partial charge in [0.15, 0.2) is 0 Å². The molecule has 0 nitrogen and oxygen atoms in total. The third-order valence-electron chi connectivity index (χ3n) is 4.19. The van der Waals surface area contributed by atoms with E-state index in [1.54, 1.807) is 0 Å². The minimum absolute atomic E-state index is 0. The average molecular weight is 451 g/mol. The number of hydrogen-bond donors (Lipinski definition) is 0. The van der Waals surface area contributed by atoms with Gasteiger partial charge in [0.05, 0.1) is 0 Å². The van der Waals surface area contributed by atoms with Crippen molar-refractivity contribution in [3.05, 3.63) is 139 Å². The van der Waals surface area contributed by atoms with Crippen molar-refractivity contribution in [2.45, 2.75) is 6.92 Å². The Morgan fingerprint density at radius 2 is 1.17 bits per heavy atom. The van der Waals surface area contributed by atoms with Crippen LogP contribution >= 0.6 is 0 Å². The molecule has 0 saturated carbocycles. The predicted octanol–water partition coefficient (Wildman–Crippen LogP) is 7.51. The molecule has 0 N–H and O–H groups in total. The standard InChI is InChI=1S/C16H13.2C6H5.Zr/c1-12-10-14-8-5-9-15(16(14)11-12)13-6-3-2-4-7-13;2*1-2-4-6-5-3-1;/h2-11H,1H3;2*1-5H;/q3*-1;+3. The number of hydrogen-bond acceptors (Lipinski definition) is 0. The van der Waals surface area contributed by atoms with E-state index >= 15 is 0 Å². The van der Waals surface area contributed by atoms with E-state index in [4.69, 9.17) is 0 Å². The number of benzene rings is 4.